The Morgan fingerprint density at radius 1 is 1.71 bits per heavy atom. The molecule has 0 bridgehead atoms. The molecule has 1 aromatic heterocycles. The minimum Gasteiger partial charge on any atom is -0.368 e. The van der Waals surface area contributed by atoms with Gasteiger partial charge in [0.25, 0.3) is 0 Å². The Hall–Kier alpha value is -1.37. The predicted octanol–water partition coefficient (Wildman–Crippen LogP) is -0.257. The van der Waals surface area contributed by atoms with E-state index in [4.69, 9.17) is 11.5 Å². The maximum absolute atomic E-state index is 10.7. The average molecular weight is 260 g/mol. The monoisotopic (exact) mass is 259 g/mol. The SMILES string of the molecule is CN(CC(N)=O)c1nc(N)ncc1Br. The van der Waals surface area contributed by atoms with Gasteiger partial charge in [0.15, 0.2) is 0 Å². The summed E-state index contributed by atoms with van der Waals surface area (Å²) >= 11 is 3.25. The van der Waals surface area contributed by atoms with Crippen molar-refractivity contribution in [3.8, 4) is 0 Å². The van der Waals surface area contributed by atoms with Gasteiger partial charge in [0.2, 0.25) is 11.9 Å². The van der Waals surface area contributed by atoms with Crippen LogP contribution in [0.3, 0.4) is 0 Å². The van der Waals surface area contributed by atoms with E-state index >= 15 is 0 Å². The first-order chi connectivity index (χ1) is 6.50. The molecule has 14 heavy (non-hydrogen) atoms. The first kappa shape index (κ1) is 10.7. The Kier molecular flexibility index (Phi) is 3.23. The van der Waals surface area contributed by atoms with Crippen molar-refractivity contribution >= 4 is 33.6 Å². The molecule has 0 radical (unpaired) electrons. The summed E-state index contributed by atoms with van der Waals surface area (Å²) in [6, 6.07) is 0. The van der Waals surface area contributed by atoms with Crippen molar-refractivity contribution in [2.75, 3.05) is 24.2 Å². The molecule has 0 aliphatic carbocycles. The molecule has 6 nitrogen and oxygen atoms in total. The van der Waals surface area contributed by atoms with E-state index in [-0.39, 0.29) is 12.5 Å². The maximum Gasteiger partial charge on any atom is 0.236 e. The summed E-state index contributed by atoms with van der Waals surface area (Å²) in [6.45, 7) is 0.0784. The summed E-state index contributed by atoms with van der Waals surface area (Å²) in [7, 11) is 1.69. The van der Waals surface area contributed by atoms with Crippen LogP contribution in [0, 0.1) is 0 Å². The van der Waals surface area contributed by atoms with E-state index in [2.05, 4.69) is 25.9 Å². The minimum absolute atomic E-state index is 0.0784. The fourth-order valence-electron chi connectivity index (χ4n) is 0.948. The number of primary amides is 1. The number of anilines is 2. The average Bonchev–Trinajstić information content (AvgIpc) is 2.08. The first-order valence-corrected chi connectivity index (χ1v) is 4.57. The number of likely N-dealkylation sites (N-methyl/N-ethyl adjacent to an activating group) is 1. The van der Waals surface area contributed by atoms with Gasteiger partial charge >= 0.3 is 0 Å². The molecule has 0 saturated carbocycles. The van der Waals surface area contributed by atoms with Crippen LogP contribution in [0.15, 0.2) is 10.7 Å². The summed E-state index contributed by atoms with van der Waals surface area (Å²) in [4.78, 5) is 20.0. The third kappa shape index (κ3) is 2.56. The molecule has 0 aliphatic rings. The second-order valence-electron chi connectivity index (χ2n) is 2.72. The Labute approximate surface area is 89.4 Å². The van der Waals surface area contributed by atoms with Crippen LogP contribution >= 0.6 is 15.9 Å². The van der Waals surface area contributed by atoms with Crippen molar-refractivity contribution in [3.63, 3.8) is 0 Å². The fraction of sp³-hybridized carbons (Fsp3) is 0.286. The largest absolute Gasteiger partial charge is 0.368 e. The van der Waals surface area contributed by atoms with Gasteiger partial charge in [0, 0.05) is 13.2 Å². The predicted molar refractivity (Wildman–Crippen MR) is 56.6 cm³/mol. The highest BCUT2D eigenvalue weighted by molar-refractivity contribution is 9.10. The first-order valence-electron chi connectivity index (χ1n) is 3.78. The number of nitrogens with zero attached hydrogens (tertiary/aromatic N) is 3. The zero-order chi connectivity index (χ0) is 10.7. The van der Waals surface area contributed by atoms with Gasteiger partial charge in [-0.1, -0.05) is 0 Å². The van der Waals surface area contributed by atoms with Crippen LogP contribution in [-0.4, -0.2) is 29.5 Å². The quantitative estimate of drug-likeness (QED) is 0.780. The molecule has 0 spiro atoms. The lowest BCUT2D eigenvalue weighted by molar-refractivity contribution is -0.116. The van der Waals surface area contributed by atoms with Crippen LogP contribution in [0.2, 0.25) is 0 Å². The van der Waals surface area contributed by atoms with Gasteiger partial charge < -0.3 is 16.4 Å². The van der Waals surface area contributed by atoms with Gasteiger partial charge in [-0.2, -0.15) is 4.98 Å². The lowest BCUT2D eigenvalue weighted by Crippen LogP contribution is -2.31. The number of carbonyl (C=O) groups is 1. The Morgan fingerprint density at radius 3 is 2.93 bits per heavy atom. The van der Waals surface area contributed by atoms with Crippen molar-refractivity contribution in [1.29, 1.82) is 0 Å². The number of aromatic nitrogens is 2. The number of nitrogen functional groups attached to an aromatic ring is 1. The molecule has 0 aromatic carbocycles. The zero-order valence-electron chi connectivity index (χ0n) is 7.57. The number of hydrogen-bond acceptors (Lipinski definition) is 5. The third-order valence-electron chi connectivity index (χ3n) is 1.50. The zero-order valence-corrected chi connectivity index (χ0v) is 9.15. The lowest BCUT2D eigenvalue weighted by atomic mass is 10.5. The van der Waals surface area contributed by atoms with E-state index in [0.717, 1.165) is 0 Å². The van der Waals surface area contributed by atoms with Gasteiger partial charge in [-0.25, -0.2) is 4.98 Å². The van der Waals surface area contributed by atoms with Crippen LogP contribution in [0.5, 0.6) is 0 Å². The van der Waals surface area contributed by atoms with Crippen molar-refractivity contribution in [2.24, 2.45) is 5.73 Å². The summed E-state index contributed by atoms with van der Waals surface area (Å²) in [5.74, 6) is 0.257. The molecular weight excluding hydrogens is 250 g/mol. The fourth-order valence-corrected chi connectivity index (χ4v) is 1.44. The smallest absolute Gasteiger partial charge is 0.236 e. The number of rotatable bonds is 3. The molecule has 0 fully saturated rings. The molecule has 0 saturated heterocycles. The van der Waals surface area contributed by atoms with Gasteiger partial charge in [-0.3, -0.25) is 4.79 Å². The molecule has 0 atom stereocenters. The Bertz CT molecular complexity index is 356. The Morgan fingerprint density at radius 2 is 2.36 bits per heavy atom. The second kappa shape index (κ2) is 4.23. The lowest BCUT2D eigenvalue weighted by Gasteiger charge is -2.17. The van der Waals surface area contributed by atoms with Crippen molar-refractivity contribution < 1.29 is 4.79 Å². The van der Waals surface area contributed by atoms with Gasteiger partial charge in [-0.05, 0) is 15.9 Å². The second-order valence-corrected chi connectivity index (χ2v) is 3.58. The molecule has 0 aliphatic heterocycles. The molecular formula is C7H10BrN5O. The van der Waals surface area contributed by atoms with Crippen LogP contribution < -0.4 is 16.4 Å². The number of halogens is 1. The normalized spacial score (nSPS) is 9.86. The van der Waals surface area contributed by atoms with E-state index in [9.17, 15) is 4.79 Å². The van der Waals surface area contributed by atoms with E-state index in [1.165, 1.54) is 6.20 Å². The minimum atomic E-state index is -0.434. The highest BCUT2D eigenvalue weighted by Crippen LogP contribution is 2.21. The highest BCUT2D eigenvalue weighted by atomic mass is 79.9. The molecule has 76 valence electrons. The van der Waals surface area contributed by atoms with E-state index in [1.54, 1.807) is 11.9 Å². The van der Waals surface area contributed by atoms with Crippen LogP contribution in [-0.2, 0) is 4.79 Å². The van der Waals surface area contributed by atoms with Gasteiger partial charge in [-0.15, -0.1) is 0 Å². The summed E-state index contributed by atoms with van der Waals surface area (Å²) in [5.41, 5.74) is 10.5. The maximum atomic E-state index is 10.7. The van der Waals surface area contributed by atoms with E-state index in [0.29, 0.717) is 10.3 Å². The molecule has 1 rings (SSSR count). The molecule has 1 aromatic rings. The van der Waals surface area contributed by atoms with Crippen LogP contribution in [0.4, 0.5) is 11.8 Å². The Balaban J connectivity index is 2.93. The molecule has 1 amide bonds. The summed E-state index contributed by atoms with van der Waals surface area (Å²) in [5, 5.41) is 0. The molecule has 0 unspecified atom stereocenters. The number of hydrogen-bond donors (Lipinski definition) is 2. The molecule has 1 heterocycles. The number of carbonyl (C=O) groups excluding carboxylic acids is 1. The van der Waals surface area contributed by atoms with Gasteiger partial charge in [0.1, 0.15) is 5.82 Å². The van der Waals surface area contributed by atoms with Crippen molar-refractivity contribution in [2.45, 2.75) is 0 Å². The van der Waals surface area contributed by atoms with Crippen molar-refractivity contribution in [1.82, 2.24) is 9.97 Å². The topological polar surface area (TPSA) is 98.1 Å². The third-order valence-corrected chi connectivity index (χ3v) is 2.06. The summed E-state index contributed by atoms with van der Waals surface area (Å²) < 4.78 is 0.662. The standard InChI is InChI=1S/C7H10BrN5O/c1-13(3-5(9)14)6-4(8)2-11-7(10)12-6/h2H,3H2,1H3,(H2,9,14)(H2,10,11,12). The molecule has 7 heteroatoms. The van der Waals surface area contributed by atoms with Crippen LogP contribution in [0.25, 0.3) is 0 Å². The molecule has 4 N–H and O–H groups in total. The number of nitrogens with two attached hydrogens (primary N) is 2. The number of amides is 1. The van der Waals surface area contributed by atoms with E-state index in [1.807, 2.05) is 0 Å². The highest BCUT2D eigenvalue weighted by Gasteiger charge is 2.10. The van der Waals surface area contributed by atoms with Gasteiger partial charge in [0.05, 0.1) is 11.0 Å². The van der Waals surface area contributed by atoms with Crippen LogP contribution in [0.1, 0.15) is 0 Å². The van der Waals surface area contributed by atoms with Crippen molar-refractivity contribution in [3.05, 3.63) is 10.7 Å². The van der Waals surface area contributed by atoms with E-state index < -0.39 is 5.91 Å². The summed E-state index contributed by atoms with van der Waals surface area (Å²) in [6.07, 6.45) is 1.52.